The summed E-state index contributed by atoms with van der Waals surface area (Å²) < 4.78 is 55.2. The molecule has 2 N–H and O–H groups in total. The average molecular weight is 490 g/mol. The van der Waals surface area contributed by atoms with Crippen LogP contribution in [0.15, 0.2) is 47.4 Å². The number of nitrogens with zero attached hydrogens (tertiary/aromatic N) is 1. The van der Waals surface area contributed by atoms with Crippen LogP contribution in [0.2, 0.25) is 5.02 Å². The number of carbonyl (C=O) groups is 2. The lowest BCUT2D eigenvalue weighted by atomic mass is 10.2. The van der Waals surface area contributed by atoms with E-state index < -0.39 is 35.0 Å². The lowest BCUT2D eigenvalue weighted by molar-refractivity contribution is -0.115. The molecule has 0 fully saturated rings. The summed E-state index contributed by atoms with van der Waals surface area (Å²) in [5.41, 5.74) is 0.283. The van der Waals surface area contributed by atoms with Gasteiger partial charge in [0.15, 0.2) is 0 Å². The summed E-state index contributed by atoms with van der Waals surface area (Å²) in [5, 5.41) is 4.72. The fraction of sp³-hybridized carbons (Fsp3) is 0.300. The van der Waals surface area contributed by atoms with Crippen molar-refractivity contribution in [1.29, 1.82) is 0 Å². The third-order valence-corrected chi connectivity index (χ3v) is 6.62. The third-order valence-electron chi connectivity index (χ3n) is 4.28. The van der Waals surface area contributed by atoms with Gasteiger partial charge < -0.3 is 15.4 Å². The van der Waals surface area contributed by atoms with Crippen molar-refractivity contribution in [3.8, 4) is 5.75 Å². The molecule has 2 aromatic carbocycles. The minimum atomic E-state index is -3.74. The van der Waals surface area contributed by atoms with Crippen LogP contribution in [0.4, 0.5) is 14.5 Å². The first-order valence-electron chi connectivity index (χ1n) is 9.51. The molecule has 0 aliphatic rings. The van der Waals surface area contributed by atoms with Gasteiger partial charge in [0.2, 0.25) is 15.9 Å². The second-order valence-corrected chi connectivity index (χ2v) is 8.72. The van der Waals surface area contributed by atoms with Crippen molar-refractivity contribution in [2.45, 2.75) is 25.4 Å². The van der Waals surface area contributed by atoms with Crippen LogP contribution in [0, 0.1) is 0 Å². The molecule has 12 heteroatoms. The quantitative estimate of drug-likeness (QED) is 0.532. The maximum absolute atomic E-state index is 12.6. The van der Waals surface area contributed by atoms with Crippen molar-refractivity contribution in [2.24, 2.45) is 0 Å². The molecular formula is C20H22ClF2N3O5S. The molecule has 0 atom stereocenters. The Morgan fingerprint density at radius 1 is 1.12 bits per heavy atom. The summed E-state index contributed by atoms with van der Waals surface area (Å²) in [4.78, 5) is 24.4. The summed E-state index contributed by atoms with van der Waals surface area (Å²) in [6, 6.07) is 9.20. The van der Waals surface area contributed by atoms with Crippen molar-refractivity contribution < 1.29 is 31.5 Å². The molecule has 0 saturated carbocycles. The van der Waals surface area contributed by atoms with E-state index in [1.807, 2.05) is 0 Å². The minimum absolute atomic E-state index is 0.0287. The molecule has 174 valence electrons. The van der Waals surface area contributed by atoms with Crippen molar-refractivity contribution in [2.75, 3.05) is 25.0 Å². The zero-order chi connectivity index (χ0) is 23.9. The molecule has 32 heavy (non-hydrogen) atoms. The number of alkyl halides is 2. The van der Waals surface area contributed by atoms with Crippen LogP contribution < -0.4 is 15.4 Å². The largest absolute Gasteiger partial charge is 0.433 e. The van der Waals surface area contributed by atoms with Gasteiger partial charge in [-0.2, -0.15) is 13.1 Å². The highest BCUT2D eigenvalue weighted by molar-refractivity contribution is 7.89. The van der Waals surface area contributed by atoms with Crippen LogP contribution >= 0.6 is 11.6 Å². The Labute approximate surface area is 189 Å². The highest BCUT2D eigenvalue weighted by Crippen LogP contribution is 2.28. The van der Waals surface area contributed by atoms with E-state index in [0.29, 0.717) is 0 Å². The lowest BCUT2D eigenvalue weighted by Gasteiger charge is -2.18. The van der Waals surface area contributed by atoms with E-state index in [0.717, 1.165) is 0 Å². The maximum atomic E-state index is 12.6. The second-order valence-electron chi connectivity index (χ2n) is 6.37. The highest BCUT2D eigenvalue weighted by atomic mass is 35.5. The highest BCUT2D eigenvalue weighted by Gasteiger charge is 2.22. The van der Waals surface area contributed by atoms with E-state index in [-0.39, 0.29) is 40.0 Å². The first-order valence-corrected chi connectivity index (χ1v) is 11.3. The molecule has 2 aromatic rings. The topological polar surface area (TPSA) is 105 Å². The van der Waals surface area contributed by atoms with E-state index in [2.05, 4.69) is 15.4 Å². The molecule has 0 heterocycles. The van der Waals surface area contributed by atoms with Crippen LogP contribution in [0.1, 0.15) is 24.2 Å². The molecule has 2 rings (SSSR count). The molecular weight excluding hydrogens is 468 g/mol. The van der Waals surface area contributed by atoms with E-state index in [4.69, 9.17) is 11.6 Å². The predicted octanol–water partition coefficient (Wildman–Crippen LogP) is 3.34. The van der Waals surface area contributed by atoms with Crippen molar-refractivity contribution >= 4 is 39.1 Å². The van der Waals surface area contributed by atoms with Gasteiger partial charge in [-0.25, -0.2) is 8.42 Å². The first-order chi connectivity index (χ1) is 15.1. The summed E-state index contributed by atoms with van der Waals surface area (Å²) in [5.74, 6) is -1.49. The van der Waals surface area contributed by atoms with E-state index in [1.165, 1.54) is 46.8 Å². The minimum Gasteiger partial charge on any atom is -0.433 e. The normalized spacial score (nSPS) is 11.5. The molecule has 8 nitrogen and oxygen atoms in total. The van der Waals surface area contributed by atoms with Crippen molar-refractivity contribution in [3.05, 3.63) is 53.1 Å². The van der Waals surface area contributed by atoms with Crippen molar-refractivity contribution in [1.82, 2.24) is 9.62 Å². The molecule has 0 saturated heterocycles. The summed E-state index contributed by atoms with van der Waals surface area (Å²) in [7, 11) is -3.74. The molecule has 0 aliphatic carbocycles. The van der Waals surface area contributed by atoms with E-state index in [9.17, 15) is 26.8 Å². The molecule has 0 bridgehead atoms. The maximum Gasteiger partial charge on any atom is 0.387 e. The average Bonchev–Trinajstić information content (AvgIpc) is 2.74. The van der Waals surface area contributed by atoms with Gasteiger partial charge in [0.05, 0.1) is 16.5 Å². The third kappa shape index (κ3) is 6.62. The van der Waals surface area contributed by atoms with E-state index >= 15 is 0 Å². The molecule has 2 amide bonds. The van der Waals surface area contributed by atoms with Crippen molar-refractivity contribution in [3.63, 3.8) is 0 Å². The number of halogens is 3. The molecule has 0 aliphatic heterocycles. The van der Waals surface area contributed by atoms with Gasteiger partial charge >= 0.3 is 6.61 Å². The summed E-state index contributed by atoms with van der Waals surface area (Å²) >= 11 is 5.83. The smallest absolute Gasteiger partial charge is 0.387 e. The van der Waals surface area contributed by atoms with Crippen LogP contribution in [0.3, 0.4) is 0 Å². The SMILES string of the molecule is CCN(CC)S(=O)(=O)c1cccc(C(=O)NCC(=O)Nc2ccc(OC(F)F)c(Cl)c2)c1. The second kappa shape index (κ2) is 11.2. The predicted molar refractivity (Wildman–Crippen MR) is 116 cm³/mol. The van der Waals surface area contributed by atoms with Crippen LogP contribution in [-0.2, 0) is 14.8 Å². The number of hydrogen-bond donors (Lipinski definition) is 2. The van der Waals surface area contributed by atoms with E-state index in [1.54, 1.807) is 13.8 Å². The van der Waals surface area contributed by atoms with Gasteiger partial charge in [-0.1, -0.05) is 31.5 Å². The molecule has 0 unspecified atom stereocenters. The molecule has 0 aromatic heterocycles. The Hall–Kier alpha value is -2.76. The first kappa shape index (κ1) is 25.5. The standard InChI is InChI=1S/C20H22ClF2N3O5S/c1-3-26(4-2)32(29,30)15-7-5-6-13(10-15)19(28)24-12-18(27)25-14-8-9-17(16(21)11-14)31-20(22)23/h5-11,20H,3-4,12H2,1-2H3,(H,24,28)(H,25,27). The fourth-order valence-electron chi connectivity index (χ4n) is 2.75. The zero-order valence-electron chi connectivity index (χ0n) is 17.3. The van der Waals surface area contributed by atoms with Crippen LogP contribution in [0.25, 0.3) is 0 Å². The van der Waals surface area contributed by atoms with Gasteiger partial charge in [0, 0.05) is 24.3 Å². The Kier molecular flexibility index (Phi) is 8.93. The monoisotopic (exact) mass is 489 g/mol. The number of amides is 2. The number of hydrogen-bond acceptors (Lipinski definition) is 5. The Morgan fingerprint density at radius 3 is 2.41 bits per heavy atom. The molecule has 0 radical (unpaired) electrons. The Bertz CT molecular complexity index is 1080. The fourth-order valence-corrected chi connectivity index (χ4v) is 4.48. The van der Waals surface area contributed by atoms with Crippen LogP contribution in [-0.4, -0.2) is 50.8 Å². The number of anilines is 1. The zero-order valence-corrected chi connectivity index (χ0v) is 18.8. The molecule has 0 spiro atoms. The number of ether oxygens (including phenoxy) is 1. The Balaban J connectivity index is 2.01. The van der Waals surface area contributed by atoms with Gasteiger partial charge in [0.25, 0.3) is 5.91 Å². The number of rotatable bonds is 10. The van der Waals surface area contributed by atoms with Gasteiger partial charge in [0.1, 0.15) is 5.75 Å². The van der Waals surface area contributed by atoms with Gasteiger partial charge in [-0.05, 0) is 36.4 Å². The number of nitrogens with one attached hydrogen (secondary N) is 2. The van der Waals surface area contributed by atoms with Gasteiger partial charge in [-0.15, -0.1) is 0 Å². The van der Waals surface area contributed by atoms with Crippen LogP contribution in [0.5, 0.6) is 5.75 Å². The number of carbonyl (C=O) groups excluding carboxylic acids is 2. The Morgan fingerprint density at radius 2 is 1.81 bits per heavy atom. The lowest BCUT2D eigenvalue weighted by Crippen LogP contribution is -2.33. The summed E-state index contributed by atoms with van der Waals surface area (Å²) in [6.45, 7) is 0.539. The summed E-state index contributed by atoms with van der Waals surface area (Å²) in [6.07, 6.45) is 0. The number of benzene rings is 2. The number of sulfonamides is 1. The van der Waals surface area contributed by atoms with Gasteiger partial charge in [-0.3, -0.25) is 9.59 Å².